The number of carboxylic acids is 1. The first-order valence-corrected chi connectivity index (χ1v) is 6.64. The van der Waals surface area contributed by atoms with Crippen LogP contribution in [0, 0.1) is 5.41 Å². The van der Waals surface area contributed by atoms with Crippen LogP contribution in [-0.4, -0.2) is 35.0 Å². The molecule has 3 N–H and O–H groups in total. The van der Waals surface area contributed by atoms with Crippen molar-refractivity contribution in [1.29, 1.82) is 0 Å². The number of rotatable bonds is 3. The molecule has 20 heavy (non-hydrogen) atoms. The Hall–Kier alpha value is -1.88. The van der Waals surface area contributed by atoms with Crippen LogP contribution in [0.15, 0.2) is 30.3 Å². The molecule has 1 aromatic rings. The number of hydrogen-bond donors (Lipinski definition) is 2. The van der Waals surface area contributed by atoms with Gasteiger partial charge in [-0.3, -0.25) is 9.59 Å². The van der Waals surface area contributed by atoms with Crippen molar-refractivity contribution < 1.29 is 14.7 Å². The van der Waals surface area contributed by atoms with Gasteiger partial charge >= 0.3 is 5.97 Å². The summed E-state index contributed by atoms with van der Waals surface area (Å²) in [5, 5.41) is 9.22. The number of hydrogen-bond acceptors (Lipinski definition) is 3. The Bertz CT molecular complexity index is 527. The van der Waals surface area contributed by atoms with E-state index in [1.54, 1.807) is 18.7 Å². The second kappa shape index (κ2) is 4.90. The van der Waals surface area contributed by atoms with Crippen molar-refractivity contribution in [3.05, 3.63) is 35.9 Å². The van der Waals surface area contributed by atoms with E-state index in [9.17, 15) is 14.7 Å². The first kappa shape index (κ1) is 14.5. The van der Waals surface area contributed by atoms with Crippen molar-refractivity contribution in [2.75, 3.05) is 13.1 Å². The van der Waals surface area contributed by atoms with Gasteiger partial charge in [0.1, 0.15) is 5.54 Å². The van der Waals surface area contributed by atoms with Crippen molar-refractivity contribution in [3.8, 4) is 0 Å². The summed E-state index contributed by atoms with van der Waals surface area (Å²) in [7, 11) is 0. The lowest BCUT2D eigenvalue weighted by atomic mass is 9.89. The minimum absolute atomic E-state index is 0.209. The summed E-state index contributed by atoms with van der Waals surface area (Å²) in [5.74, 6) is -1.10. The molecule has 0 radical (unpaired) electrons. The molecule has 5 nitrogen and oxygen atoms in total. The predicted octanol–water partition coefficient (Wildman–Crippen LogP) is 1.18. The highest BCUT2D eigenvalue weighted by atomic mass is 16.4. The van der Waals surface area contributed by atoms with Crippen LogP contribution in [0.5, 0.6) is 0 Å². The molecular weight excluding hydrogens is 256 g/mol. The van der Waals surface area contributed by atoms with E-state index >= 15 is 0 Å². The monoisotopic (exact) mass is 276 g/mol. The van der Waals surface area contributed by atoms with E-state index in [-0.39, 0.29) is 12.5 Å². The molecule has 2 atom stereocenters. The van der Waals surface area contributed by atoms with Gasteiger partial charge in [-0.25, -0.2) is 0 Å². The Morgan fingerprint density at radius 1 is 1.35 bits per heavy atom. The van der Waals surface area contributed by atoms with Gasteiger partial charge in [0.25, 0.3) is 0 Å². The van der Waals surface area contributed by atoms with E-state index in [2.05, 4.69) is 0 Å². The van der Waals surface area contributed by atoms with Gasteiger partial charge in [0.2, 0.25) is 5.91 Å². The third-order valence-electron chi connectivity index (χ3n) is 4.09. The number of benzene rings is 1. The van der Waals surface area contributed by atoms with E-state index < -0.39 is 16.9 Å². The molecule has 2 rings (SSSR count). The molecule has 0 saturated carbocycles. The van der Waals surface area contributed by atoms with E-state index in [1.165, 1.54) is 0 Å². The van der Waals surface area contributed by atoms with Gasteiger partial charge in [-0.15, -0.1) is 0 Å². The first-order chi connectivity index (χ1) is 9.27. The average Bonchev–Trinajstić information content (AvgIpc) is 2.83. The summed E-state index contributed by atoms with van der Waals surface area (Å²) in [6, 6.07) is 9.15. The molecule has 1 aliphatic heterocycles. The Labute approximate surface area is 118 Å². The van der Waals surface area contributed by atoms with Crippen molar-refractivity contribution in [2.24, 2.45) is 11.1 Å². The smallest absolute Gasteiger partial charge is 0.311 e. The van der Waals surface area contributed by atoms with E-state index in [4.69, 9.17) is 5.73 Å². The van der Waals surface area contributed by atoms with Crippen molar-refractivity contribution in [3.63, 3.8) is 0 Å². The summed E-state index contributed by atoms with van der Waals surface area (Å²) >= 11 is 0. The third kappa shape index (κ3) is 2.41. The van der Waals surface area contributed by atoms with Crippen LogP contribution in [0.1, 0.15) is 25.8 Å². The van der Waals surface area contributed by atoms with Crippen LogP contribution in [0.4, 0.5) is 0 Å². The Morgan fingerprint density at radius 3 is 2.45 bits per heavy atom. The normalized spacial score (nSPS) is 25.2. The maximum atomic E-state index is 12.6. The van der Waals surface area contributed by atoms with Gasteiger partial charge in [0, 0.05) is 13.1 Å². The molecule has 108 valence electrons. The average molecular weight is 276 g/mol. The molecule has 0 bridgehead atoms. The maximum Gasteiger partial charge on any atom is 0.311 e. The Morgan fingerprint density at radius 2 is 1.95 bits per heavy atom. The molecule has 2 unspecified atom stereocenters. The van der Waals surface area contributed by atoms with E-state index in [1.807, 2.05) is 30.3 Å². The van der Waals surface area contributed by atoms with Crippen molar-refractivity contribution >= 4 is 11.9 Å². The fourth-order valence-corrected chi connectivity index (χ4v) is 2.55. The number of likely N-dealkylation sites (tertiary alicyclic amines) is 1. The van der Waals surface area contributed by atoms with Gasteiger partial charge in [-0.2, -0.15) is 0 Å². The van der Waals surface area contributed by atoms with Crippen LogP contribution in [0.2, 0.25) is 0 Å². The zero-order chi connectivity index (χ0) is 15.0. The zero-order valence-corrected chi connectivity index (χ0v) is 11.8. The van der Waals surface area contributed by atoms with Gasteiger partial charge in [-0.1, -0.05) is 30.3 Å². The van der Waals surface area contributed by atoms with E-state index in [0.717, 1.165) is 5.56 Å². The zero-order valence-electron chi connectivity index (χ0n) is 11.8. The molecule has 1 amide bonds. The number of aliphatic carboxylic acids is 1. The number of nitrogens with two attached hydrogens (primary N) is 1. The second-order valence-corrected chi connectivity index (χ2v) is 5.91. The highest BCUT2D eigenvalue weighted by molar-refractivity contribution is 5.88. The van der Waals surface area contributed by atoms with Gasteiger partial charge in [0.05, 0.1) is 5.41 Å². The van der Waals surface area contributed by atoms with Crippen LogP contribution in [-0.2, 0) is 15.1 Å². The highest BCUT2D eigenvalue weighted by Crippen LogP contribution is 2.32. The number of carbonyl (C=O) groups is 2. The van der Waals surface area contributed by atoms with Crippen molar-refractivity contribution in [2.45, 2.75) is 25.8 Å². The van der Waals surface area contributed by atoms with Crippen LogP contribution < -0.4 is 5.73 Å². The lowest BCUT2D eigenvalue weighted by Crippen LogP contribution is -2.50. The summed E-state index contributed by atoms with van der Waals surface area (Å²) in [6.45, 7) is 3.97. The number of nitrogens with zero attached hydrogens (tertiary/aromatic N) is 1. The lowest BCUT2D eigenvalue weighted by Gasteiger charge is -2.30. The largest absolute Gasteiger partial charge is 0.481 e. The summed E-state index contributed by atoms with van der Waals surface area (Å²) in [5.41, 5.74) is 4.91. The topological polar surface area (TPSA) is 83.6 Å². The third-order valence-corrected chi connectivity index (χ3v) is 4.09. The molecule has 1 heterocycles. The first-order valence-electron chi connectivity index (χ1n) is 6.64. The molecule has 5 heteroatoms. The molecule has 0 aromatic heterocycles. The fraction of sp³-hybridized carbons (Fsp3) is 0.467. The number of amides is 1. The maximum absolute atomic E-state index is 12.6. The number of carbonyl (C=O) groups excluding carboxylic acids is 1. The number of carboxylic acid groups (broad SMARTS) is 1. The predicted molar refractivity (Wildman–Crippen MR) is 74.9 cm³/mol. The molecule has 0 aliphatic carbocycles. The van der Waals surface area contributed by atoms with Crippen LogP contribution >= 0.6 is 0 Å². The quantitative estimate of drug-likeness (QED) is 0.868. The SMILES string of the molecule is CC1(C(=O)O)CCN(C(=O)C(C)(N)c2ccccc2)C1. The summed E-state index contributed by atoms with van der Waals surface area (Å²) in [4.78, 5) is 25.4. The summed E-state index contributed by atoms with van der Waals surface area (Å²) < 4.78 is 0. The van der Waals surface area contributed by atoms with Crippen molar-refractivity contribution in [1.82, 2.24) is 4.90 Å². The second-order valence-electron chi connectivity index (χ2n) is 5.91. The van der Waals surface area contributed by atoms with Gasteiger partial charge < -0.3 is 15.7 Å². The van der Waals surface area contributed by atoms with E-state index in [0.29, 0.717) is 13.0 Å². The fourth-order valence-electron chi connectivity index (χ4n) is 2.55. The molecular formula is C15H20N2O3. The molecule has 0 spiro atoms. The highest BCUT2D eigenvalue weighted by Gasteiger charge is 2.45. The Kier molecular flexibility index (Phi) is 3.56. The van der Waals surface area contributed by atoms with Crippen LogP contribution in [0.25, 0.3) is 0 Å². The molecule has 1 aromatic carbocycles. The summed E-state index contributed by atoms with van der Waals surface area (Å²) in [6.07, 6.45) is 0.457. The standard InChI is InChI=1S/C15H20N2O3/c1-14(13(19)20)8-9-17(10-14)12(18)15(2,16)11-6-4-3-5-7-11/h3-7H,8-10,16H2,1-2H3,(H,19,20). The molecule has 1 fully saturated rings. The minimum atomic E-state index is -1.13. The molecule has 1 saturated heterocycles. The van der Waals surface area contributed by atoms with Gasteiger partial charge in [-0.05, 0) is 25.8 Å². The lowest BCUT2D eigenvalue weighted by molar-refractivity contribution is -0.147. The van der Waals surface area contributed by atoms with Crippen LogP contribution in [0.3, 0.4) is 0 Å². The Balaban J connectivity index is 2.19. The minimum Gasteiger partial charge on any atom is -0.481 e. The molecule has 1 aliphatic rings. The van der Waals surface area contributed by atoms with Gasteiger partial charge in [0.15, 0.2) is 0 Å².